The van der Waals surface area contributed by atoms with Crippen LogP contribution in [0.5, 0.6) is 0 Å². The van der Waals surface area contributed by atoms with Crippen molar-refractivity contribution in [1.29, 1.82) is 0 Å². The molecule has 0 unspecified atom stereocenters. The van der Waals surface area contributed by atoms with Gasteiger partial charge in [0.25, 0.3) is 0 Å². The summed E-state index contributed by atoms with van der Waals surface area (Å²) in [4.78, 5) is 10.8. The fourth-order valence-corrected chi connectivity index (χ4v) is 1.85. The summed E-state index contributed by atoms with van der Waals surface area (Å²) in [5.74, 6) is 2.43. The van der Waals surface area contributed by atoms with Crippen molar-refractivity contribution >= 4 is 23.0 Å². The summed E-state index contributed by atoms with van der Waals surface area (Å²) in [6.07, 6.45) is 0. The van der Waals surface area contributed by atoms with Crippen LogP contribution < -0.4 is 15.5 Å². The maximum atomic E-state index is 4.47. The number of rotatable bonds is 4. The molecular weight excluding hydrogens is 238 g/mol. The highest BCUT2D eigenvalue weighted by atomic mass is 15.2. The predicted octanol–water partition coefficient (Wildman–Crippen LogP) is 2.64. The van der Waals surface area contributed by atoms with E-state index in [-0.39, 0.29) is 0 Å². The van der Waals surface area contributed by atoms with Gasteiger partial charge in [-0.3, -0.25) is 0 Å². The lowest BCUT2D eigenvalue weighted by Gasteiger charge is -2.20. The Morgan fingerprint density at radius 1 is 1.05 bits per heavy atom. The van der Waals surface area contributed by atoms with Gasteiger partial charge in [0.15, 0.2) is 0 Å². The van der Waals surface area contributed by atoms with Crippen LogP contribution in [0.4, 0.5) is 23.0 Å². The van der Waals surface area contributed by atoms with Crippen LogP contribution in [0.15, 0.2) is 30.3 Å². The number of hydrogen-bond donors (Lipinski definition) is 2. The lowest BCUT2D eigenvalue weighted by molar-refractivity contribution is 1.01. The first-order chi connectivity index (χ1) is 9.13. The second-order valence-corrected chi connectivity index (χ2v) is 4.27. The highest BCUT2D eigenvalue weighted by molar-refractivity contribution is 5.65. The molecular formula is C14H19N5. The molecule has 5 nitrogen and oxygen atoms in total. The van der Waals surface area contributed by atoms with E-state index in [1.54, 1.807) is 0 Å². The lowest BCUT2D eigenvalue weighted by Crippen LogP contribution is -2.13. The van der Waals surface area contributed by atoms with Crippen LogP contribution in [-0.2, 0) is 0 Å². The van der Waals surface area contributed by atoms with E-state index in [1.807, 2.05) is 51.2 Å². The minimum absolute atomic E-state index is 0.749. The third-order valence-corrected chi connectivity index (χ3v) is 2.95. The molecule has 0 atom stereocenters. The van der Waals surface area contributed by atoms with E-state index in [9.17, 15) is 0 Å². The Kier molecular flexibility index (Phi) is 3.85. The number of aromatic nitrogens is 2. The molecule has 0 spiro atoms. The molecule has 0 aliphatic heterocycles. The van der Waals surface area contributed by atoms with Crippen LogP contribution in [0.3, 0.4) is 0 Å². The molecule has 1 aromatic heterocycles. The molecule has 1 heterocycles. The molecule has 0 amide bonds. The third kappa shape index (κ3) is 2.93. The van der Waals surface area contributed by atoms with E-state index in [1.165, 1.54) is 0 Å². The highest BCUT2D eigenvalue weighted by Gasteiger charge is 2.08. The lowest BCUT2D eigenvalue weighted by atomic mass is 10.2. The quantitative estimate of drug-likeness (QED) is 0.882. The number of anilines is 4. The largest absolute Gasteiger partial charge is 0.388 e. The van der Waals surface area contributed by atoms with Crippen molar-refractivity contribution in [2.24, 2.45) is 0 Å². The highest BCUT2D eigenvalue weighted by Crippen LogP contribution is 2.25. The topological polar surface area (TPSA) is 53.1 Å². The molecule has 1 aromatic carbocycles. The molecule has 19 heavy (non-hydrogen) atoms. The molecule has 0 saturated heterocycles. The average molecular weight is 257 g/mol. The van der Waals surface area contributed by atoms with E-state index in [4.69, 9.17) is 0 Å². The molecule has 2 aromatic rings. The second-order valence-electron chi connectivity index (χ2n) is 4.27. The molecule has 0 radical (unpaired) electrons. The summed E-state index contributed by atoms with van der Waals surface area (Å²) in [6, 6.07) is 10.1. The zero-order valence-corrected chi connectivity index (χ0v) is 11.7. The smallest absolute Gasteiger partial charge is 0.138 e. The third-order valence-electron chi connectivity index (χ3n) is 2.95. The van der Waals surface area contributed by atoms with Crippen molar-refractivity contribution in [2.75, 3.05) is 36.7 Å². The minimum atomic E-state index is 0.749. The van der Waals surface area contributed by atoms with Crippen molar-refractivity contribution in [3.05, 3.63) is 36.2 Å². The molecule has 0 saturated carbocycles. The molecule has 2 N–H and O–H groups in total. The number of nitrogens with zero attached hydrogens (tertiary/aromatic N) is 3. The van der Waals surface area contributed by atoms with Crippen molar-refractivity contribution in [3.8, 4) is 0 Å². The predicted molar refractivity (Wildman–Crippen MR) is 80.4 cm³/mol. The van der Waals surface area contributed by atoms with Crippen LogP contribution >= 0.6 is 0 Å². The van der Waals surface area contributed by atoms with E-state index in [0.29, 0.717) is 0 Å². The van der Waals surface area contributed by atoms with Gasteiger partial charge in [-0.25, -0.2) is 9.97 Å². The molecule has 100 valence electrons. The number of benzene rings is 1. The summed E-state index contributed by atoms with van der Waals surface area (Å²) in [6.45, 7) is 1.89. The van der Waals surface area contributed by atoms with Gasteiger partial charge in [0, 0.05) is 38.6 Å². The molecule has 0 aliphatic carbocycles. The van der Waals surface area contributed by atoms with E-state index in [2.05, 4.69) is 32.7 Å². The van der Waals surface area contributed by atoms with Gasteiger partial charge in [-0.15, -0.1) is 0 Å². The molecule has 2 rings (SSSR count). The van der Waals surface area contributed by atoms with E-state index < -0.39 is 0 Å². The Hall–Kier alpha value is -2.30. The Morgan fingerprint density at radius 2 is 1.84 bits per heavy atom. The standard InChI is InChI=1S/C14H19N5/c1-10-17-13(16-3)9-14(18-10)19(4)12-7-5-6-11(8-12)15-2/h5-9,15H,1-4H3,(H,16,17,18). The number of nitrogens with one attached hydrogen (secondary N) is 2. The first-order valence-electron chi connectivity index (χ1n) is 6.19. The number of aryl methyl sites for hydroxylation is 1. The SMILES string of the molecule is CNc1cccc(N(C)c2cc(NC)nc(C)n2)c1. The molecule has 0 fully saturated rings. The van der Waals surface area contributed by atoms with Crippen molar-refractivity contribution < 1.29 is 0 Å². The van der Waals surface area contributed by atoms with Crippen LogP contribution in [0.25, 0.3) is 0 Å². The second kappa shape index (κ2) is 5.56. The van der Waals surface area contributed by atoms with Crippen molar-refractivity contribution in [1.82, 2.24) is 9.97 Å². The fourth-order valence-electron chi connectivity index (χ4n) is 1.85. The van der Waals surface area contributed by atoms with Crippen LogP contribution in [0.2, 0.25) is 0 Å². The Morgan fingerprint density at radius 3 is 2.53 bits per heavy atom. The van der Waals surface area contributed by atoms with E-state index >= 15 is 0 Å². The summed E-state index contributed by atoms with van der Waals surface area (Å²) in [5, 5.41) is 6.18. The number of hydrogen-bond acceptors (Lipinski definition) is 5. The maximum absolute atomic E-state index is 4.47. The summed E-state index contributed by atoms with van der Waals surface area (Å²) < 4.78 is 0. The summed E-state index contributed by atoms with van der Waals surface area (Å²) in [5.41, 5.74) is 2.15. The first kappa shape index (κ1) is 13.1. The fraction of sp³-hybridized carbons (Fsp3) is 0.286. The van der Waals surface area contributed by atoms with Crippen LogP contribution in [0, 0.1) is 6.92 Å². The first-order valence-corrected chi connectivity index (χ1v) is 6.19. The van der Waals surface area contributed by atoms with Gasteiger partial charge < -0.3 is 15.5 Å². The average Bonchev–Trinajstić information content (AvgIpc) is 2.45. The van der Waals surface area contributed by atoms with Gasteiger partial charge in [-0.05, 0) is 25.1 Å². The van der Waals surface area contributed by atoms with Gasteiger partial charge in [0.1, 0.15) is 17.5 Å². The van der Waals surface area contributed by atoms with Crippen molar-refractivity contribution in [3.63, 3.8) is 0 Å². The van der Waals surface area contributed by atoms with Gasteiger partial charge in [0.05, 0.1) is 0 Å². The minimum Gasteiger partial charge on any atom is -0.388 e. The van der Waals surface area contributed by atoms with Gasteiger partial charge in [-0.2, -0.15) is 0 Å². The molecule has 0 aliphatic rings. The van der Waals surface area contributed by atoms with Crippen LogP contribution in [-0.4, -0.2) is 31.1 Å². The Balaban J connectivity index is 2.37. The normalized spacial score (nSPS) is 10.1. The summed E-state index contributed by atoms with van der Waals surface area (Å²) >= 11 is 0. The molecule has 5 heteroatoms. The summed E-state index contributed by atoms with van der Waals surface area (Å²) in [7, 11) is 5.76. The van der Waals surface area contributed by atoms with Gasteiger partial charge in [0.2, 0.25) is 0 Å². The molecule has 0 bridgehead atoms. The maximum Gasteiger partial charge on any atom is 0.138 e. The Labute approximate surface area is 113 Å². The van der Waals surface area contributed by atoms with E-state index in [0.717, 1.165) is 28.8 Å². The van der Waals surface area contributed by atoms with Gasteiger partial charge >= 0.3 is 0 Å². The zero-order valence-electron chi connectivity index (χ0n) is 11.7. The van der Waals surface area contributed by atoms with Crippen molar-refractivity contribution in [2.45, 2.75) is 6.92 Å². The Bertz CT molecular complexity index is 568. The van der Waals surface area contributed by atoms with Crippen LogP contribution in [0.1, 0.15) is 5.82 Å². The zero-order chi connectivity index (χ0) is 13.8. The monoisotopic (exact) mass is 257 g/mol. The van der Waals surface area contributed by atoms with Gasteiger partial charge in [-0.1, -0.05) is 6.07 Å².